The van der Waals surface area contributed by atoms with Crippen LogP contribution in [0.1, 0.15) is 84.6 Å². The Morgan fingerprint density at radius 1 is 1.24 bits per heavy atom. The zero-order chi connectivity index (χ0) is 32.8. The Balaban J connectivity index is 1.28. The van der Waals surface area contributed by atoms with Crippen molar-refractivity contribution in [3.8, 4) is 0 Å². The number of aliphatic hydroxyl groups is 1. The van der Waals surface area contributed by atoms with Crippen molar-refractivity contribution in [2.75, 3.05) is 12.3 Å². The molecule has 10 atom stereocenters. The standard InChI is InChI=1S/C36H53N3O5S/c1-6-33(4)18-28(34(5)22(2)17-36-21-35(32(34)36,14-13-27(36)40)23(3)30(33)42)44-29(41)20-45-25-11-9-10-24(16-25)19-39-31(43)26(38)12-7-8-15-37/h6,9-11,16,22-23,26,28,30,32,42H,1,7-8,12-15,17-21,37-38H2,2-5H3,(H,39,43)/t22?,23-,26+,28+,30-,32?,33+,34-,35?,36?/m0/s1. The second-order valence-corrected chi connectivity index (χ2v) is 16.1. The summed E-state index contributed by atoms with van der Waals surface area (Å²) in [5.74, 6) is 0.326. The predicted molar refractivity (Wildman–Crippen MR) is 177 cm³/mol. The predicted octanol–water partition coefficient (Wildman–Crippen LogP) is 4.76. The maximum Gasteiger partial charge on any atom is 0.316 e. The summed E-state index contributed by atoms with van der Waals surface area (Å²) in [6, 6.07) is 7.20. The lowest BCUT2D eigenvalue weighted by Crippen LogP contribution is -2.71. The number of nitrogens with one attached hydrogen (secondary N) is 1. The molecule has 0 radical (unpaired) electrons. The van der Waals surface area contributed by atoms with Crippen LogP contribution in [-0.2, 0) is 25.7 Å². The van der Waals surface area contributed by atoms with Crippen LogP contribution in [0.3, 0.4) is 0 Å². The fourth-order valence-corrected chi connectivity index (χ4v) is 10.8. The van der Waals surface area contributed by atoms with Crippen molar-refractivity contribution in [2.45, 2.75) is 109 Å². The molecule has 9 heteroatoms. The van der Waals surface area contributed by atoms with Gasteiger partial charge in [0.1, 0.15) is 11.9 Å². The normalized spacial score (nSPS) is 39.1. The average Bonchev–Trinajstić information content (AvgIpc) is 3.21. The van der Waals surface area contributed by atoms with Crippen LogP contribution in [0.15, 0.2) is 41.8 Å². The number of ether oxygens (including phenoxy) is 1. The third kappa shape index (κ3) is 5.70. The molecule has 6 N–H and O–H groups in total. The Kier molecular flexibility index (Phi) is 9.69. The third-order valence-electron chi connectivity index (χ3n) is 12.6. The van der Waals surface area contributed by atoms with Gasteiger partial charge in [0.25, 0.3) is 0 Å². The van der Waals surface area contributed by atoms with Crippen LogP contribution in [0.5, 0.6) is 0 Å². The number of hydrogen-bond acceptors (Lipinski definition) is 8. The molecule has 4 unspecified atom stereocenters. The first-order chi connectivity index (χ1) is 21.3. The van der Waals surface area contributed by atoms with E-state index in [9.17, 15) is 19.5 Å². The first-order valence-corrected chi connectivity index (χ1v) is 17.8. The second-order valence-electron chi connectivity index (χ2n) is 15.1. The largest absolute Gasteiger partial charge is 0.461 e. The first-order valence-electron chi connectivity index (χ1n) is 16.8. The van der Waals surface area contributed by atoms with Gasteiger partial charge in [-0.3, -0.25) is 14.4 Å². The van der Waals surface area contributed by atoms with Gasteiger partial charge in [0.15, 0.2) is 0 Å². The first kappa shape index (κ1) is 34.1. The van der Waals surface area contributed by atoms with Crippen molar-refractivity contribution in [2.24, 2.45) is 50.9 Å². The molecule has 1 aromatic rings. The van der Waals surface area contributed by atoms with Crippen molar-refractivity contribution >= 4 is 29.4 Å². The molecule has 0 heterocycles. The van der Waals surface area contributed by atoms with Gasteiger partial charge >= 0.3 is 5.97 Å². The molecule has 0 aromatic heterocycles. The molecule has 4 aliphatic carbocycles. The van der Waals surface area contributed by atoms with Gasteiger partial charge in [0, 0.05) is 34.1 Å². The molecule has 45 heavy (non-hydrogen) atoms. The number of unbranched alkanes of at least 4 members (excludes halogenated alkanes) is 1. The van der Waals surface area contributed by atoms with Gasteiger partial charge in [-0.1, -0.05) is 52.3 Å². The Hall–Kier alpha value is -2.20. The SMILES string of the molecule is C=C[C@]1(C)C[C@@H](OC(=O)CSc2cccc(CNC(=O)[C@H](N)CCCCN)c2)[C@]2(C)C(C)CC34CC(CCC3=O)(C42)[C@@H](C)[C@@H]1O. The van der Waals surface area contributed by atoms with Gasteiger partial charge in [-0.25, -0.2) is 0 Å². The van der Waals surface area contributed by atoms with E-state index < -0.39 is 23.7 Å². The minimum Gasteiger partial charge on any atom is -0.461 e. The van der Waals surface area contributed by atoms with E-state index in [1.54, 1.807) is 0 Å². The van der Waals surface area contributed by atoms with E-state index >= 15 is 0 Å². The highest BCUT2D eigenvalue weighted by Crippen LogP contribution is 2.82. The molecular formula is C36H53N3O5S. The molecule has 2 spiro atoms. The molecule has 0 aliphatic heterocycles. The van der Waals surface area contributed by atoms with Crippen molar-refractivity contribution in [1.29, 1.82) is 0 Å². The Labute approximate surface area is 272 Å². The summed E-state index contributed by atoms with van der Waals surface area (Å²) in [6.45, 7) is 13.7. The molecule has 4 saturated carbocycles. The van der Waals surface area contributed by atoms with Crippen LogP contribution in [0.2, 0.25) is 0 Å². The number of esters is 1. The van der Waals surface area contributed by atoms with Gasteiger partial charge < -0.3 is 26.6 Å². The number of ketones is 1. The van der Waals surface area contributed by atoms with Gasteiger partial charge in [-0.15, -0.1) is 18.3 Å². The van der Waals surface area contributed by atoms with Crippen LogP contribution in [0, 0.1) is 39.4 Å². The van der Waals surface area contributed by atoms with Crippen LogP contribution >= 0.6 is 11.8 Å². The lowest BCUT2D eigenvalue weighted by molar-refractivity contribution is -0.257. The number of thioether (sulfide) groups is 1. The zero-order valence-corrected chi connectivity index (χ0v) is 28.3. The number of hydrogen-bond donors (Lipinski definition) is 4. The summed E-state index contributed by atoms with van der Waals surface area (Å²) in [5, 5.41) is 14.7. The number of amides is 1. The lowest BCUT2D eigenvalue weighted by atomic mass is 9.32. The highest BCUT2D eigenvalue weighted by atomic mass is 32.2. The van der Waals surface area contributed by atoms with Crippen LogP contribution in [0.25, 0.3) is 0 Å². The second kappa shape index (κ2) is 12.8. The van der Waals surface area contributed by atoms with E-state index in [2.05, 4.69) is 32.7 Å². The molecular weight excluding hydrogens is 586 g/mol. The Morgan fingerprint density at radius 3 is 2.71 bits per heavy atom. The van der Waals surface area contributed by atoms with Crippen molar-refractivity contribution in [3.05, 3.63) is 42.5 Å². The smallest absolute Gasteiger partial charge is 0.316 e. The fourth-order valence-electron chi connectivity index (χ4n) is 10.1. The molecule has 2 bridgehead atoms. The lowest BCUT2D eigenvalue weighted by Gasteiger charge is -2.71. The Morgan fingerprint density at radius 2 is 2.00 bits per heavy atom. The number of carbonyl (C=O) groups is 3. The van der Waals surface area contributed by atoms with Crippen LogP contribution in [0.4, 0.5) is 0 Å². The summed E-state index contributed by atoms with van der Waals surface area (Å²) in [4.78, 5) is 40.4. The average molecular weight is 640 g/mol. The van der Waals surface area contributed by atoms with Gasteiger partial charge in [0.05, 0.1) is 17.9 Å². The molecule has 8 nitrogen and oxygen atoms in total. The maximum atomic E-state index is 13.6. The number of carbonyl (C=O) groups excluding carboxylic acids is 3. The monoisotopic (exact) mass is 639 g/mol. The Bertz CT molecular complexity index is 1320. The molecule has 0 saturated heterocycles. The fraction of sp³-hybridized carbons (Fsp3) is 0.694. The van der Waals surface area contributed by atoms with Crippen molar-refractivity contribution in [1.82, 2.24) is 5.32 Å². The molecule has 248 valence electrons. The molecule has 1 amide bonds. The van der Waals surface area contributed by atoms with Gasteiger partial charge in [-0.05, 0) is 85.9 Å². The molecule has 5 rings (SSSR count). The molecule has 4 fully saturated rings. The number of Topliss-reactive ketones (excluding diaryl/α,β-unsaturated/α-hetero) is 1. The number of aliphatic hydroxyl groups excluding tert-OH is 1. The van der Waals surface area contributed by atoms with E-state index in [1.807, 2.05) is 37.3 Å². The van der Waals surface area contributed by atoms with Crippen molar-refractivity contribution in [3.63, 3.8) is 0 Å². The number of benzene rings is 1. The highest BCUT2D eigenvalue weighted by molar-refractivity contribution is 8.00. The number of nitrogens with two attached hydrogens (primary N) is 2. The summed E-state index contributed by atoms with van der Waals surface area (Å²) in [7, 11) is 0. The van der Waals surface area contributed by atoms with E-state index in [-0.39, 0.29) is 51.6 Å². The summed E-state index contributed by atoms with van der Waals surface area (Å²) >= 11 is 1.40. The minimum atomic E-state index is -0.638. The third-order valence-corrected chi connectivity index (χ3v) is 13.6. The van der Waals surface area contributed by atoms with Crippen molar-refractivity contribution < 1.29 is 24.2 Å². The number of rotatable bonds is 12. The van der Waals surface area contributed by atoms with Gasteiger partial charge in [-0.2, -0.15) is 0 Å². The summed E-state index contributed by atoms with van der Waals surface area (Å²) in [5.41, 5.74) is 11.0. The summed E-state index contributed by atoms with van der Waals surface area (Å²) < 4.78 is 6.45. The van der Waals surface area contributed by atoms with E-state index in [0.29, 0.717) is 38.1 Å². The topological polar surface area (TPSA) is 145 Å². The molecule has 1 aromatic carbocycles. The maximum absolute atomic E-state index is 13.6. The minimum absolute atomic E-state index is 0.0208. The van der Waals surface area contributed by atoms with Crippen LogP contribution < -0.4 is 16.8 Å². The highest BCUT2D eigenvalue weighted by Gasteiger charge is 2.81. The quantitative estimate of drug-likeness (QED) is 0.111. The van der Waals surface area contributed by atoms with Crippen LogP contribution in [-0.4, -0.2) is 53.3 Å². The zero-order valence-electron chi connectivity index (χ0n) is 27.5. The molecule has 4 aliphatic rings. The van der Waals surface area contributed by atoms with E-state index in [0.717, 1.165) is 42.6 Å². The summed E-state index contributed by atoms with van der Waals surface area (Å²) in [6.07, 6.45) is 6.53. The van der Waals surface area contributed by atoms with E-state index in [4.69, 9.17) is 16.2 Å². The van der Waals surface area contributed by atoms with Gasteiger partial charge in [0.2, 0.25) is 5.91 Å². The van der Waals surface area contributed by atoms with E-state index in [1.165, 1.54) is 11.8 Å².